The number of hydrogen-bond acceptors (Lipinski definition) is 7. The number of aliphatic hydroxyl groups excluding tert-OH is 1. The molecule has 0 saturated carbocycles. The van der Waals surface area contributed by atoms with E-state index in [-0.39, 0.29) is 5.92 Å². The quantitative estimate of drug-likeness (QED) is 0.129. The van der Waals surface area contributed by atoms with Gasteiger partial charge in [0.25, 0.3) is 0 Å². The molecule has 1 unspecified atom stereocenters. The monoisotopic (exact) mass is 665 g/mol. The van der Waals surface area contributed by atoms with E-state index in [0.717, 1.165) is 79.3 Å². The van der Waals surface area contributed by atoms with Crippen molar-refractivity contribution in [2.75, 3.05) is 30.5 Å². The third kappa shape index (κ3) is 11.1. The second kappa shape index (κ2) is 21.4. The van der Waals surface area contributed by atoms with Crippen molar-refractivity contribution in [3.63, 3.8) is 0 Å². The van der Waals surface area contributed by atoms with Crippen LogP contribution < -0.4 is 15.0 Å². The molecule has 0 aliphatic carbocycles. The van der Waals surface area contributed by atoms with Crippen molar-refractivity contribution < 1.29 is 14.6 Å². The molecular weight excluding hydrogens is 615 g/mol. The van der Waals surface area contributed by atoms with E-state index in [4.69, 9.17) is 14.8 Å². The molecule has 0 spiro atoms. The Labute approximate surface area is 291 Å². The van der Waals surface area contributed by atoms with E-state index in [0.29, 0.717) is 13.0 Å². The molecule has 6 nitrogen and oxygen atoms in total. The molecule has 48 heavy (non-hydrogen) atoms. The predicted octanol–water partition coefficient (Wildman–Crippen LogP) is 9.79. The van der Waals surface area contributed by atoms with Crippen LogP contribution in [0.3, 0.4) is 0 Å². The summed E-state index contributed by atoms with van der Waals surface area (Å²) in [4.78, 5) is 18.5. The van der Waals surface area contributed by atoms with Crippen LogP contribution in [0.15, 0.2) is 109 Å². The zero-order valence-electron chi connectivity index (χ0n) is 29.1. The first kappa shape index (κ1) is 38.0. The number of aromatic nitrogens is 1. The summed E-state index contributed by atoms with van der Waals surface area (Å²) >= 11 is 1.71. The molecule has 2 N–H and O–H groups in total. The van der Waals surface area contributed by atoms with Crippen molar-refractivity contribution in [1.29, 1.82) is 0 Å². The Bertz CT molecular complexity index is 1590. The van der Waals surface area contributed by atoms with Crippen molar-refractivity contribution in [2.45, 2.75) is 66.0 Å². The predicted molar refractivity (Wildman–Crippen MR) is 203 cm³/mol. The second-order valence-corrected chi connectivity index (χ2v) is 11.5. The van der Waals surface area contributed by atoms with Gasteiger partial charge in [0, 0.05) is 55.9 Å². The number of carbonyl (C=O) groups excluding carboxylic acids is 1. The van der Waals surface area contributed by atoms with Gasteiger partial charge in [-0.3, -0.25) is 0 Å². The lowest BCUT2D eigenvalue weighted by Crippen LogP contribution is -2.25. The molecule has 7 heteroatoms. The van der Waals surface area contributed by atoms with Crippen LogP contribution in [0.4, 0.5) is 10.8 Å². The van der Waals surface area contributed by atoms with Gasteiger partial charge in [-0.25, -0.2) is 4.98 Å². The summed E-state index contributed by atoms with van der Waals surface area (Å²) in [6.45, 7) is 11.1. The number of nitrogens with one attached hydrogen (secondary N) is 1. The third-order valence-corrected chi connectivity index (χ3v) is 8.70. The van der Waals surface area contributed by atoms with Gasteiger partial charge in [-0.1, -0.05) is 119 Å². The molecule has 0 amide bonds. The van der Waals surface area contributed by atoms with Crippen LogP contribution in [0.1, 0.15) is 68.7 Å². The Morgan fingerprint density at radius 1 is 0.875 bits per heavy atom. The molecule has 0 fully saturated rings. The first-order chi connectivity index (χ1) is 23.7. The number of nitrogens with zero attached hydrogens (tertiary/aromatic N) is 2. The fraction of sp³-hybridized carbons (Fsp3) is 0.317. The van der Waals surface area contributed by atoms with E-state index in [1.54, 1.807) is 11.3 Å². The van der Waals surface area contributed by atoms with E-state index in [1.165, 1.54) is 16.7 Å². The standard InChI is InChI=1S/C36H35N3O2S.2C2H6.CH4O/c40-21-18-30-19-22-41-35-23-32(15-16-33(30)35)37-24-28-11-13-29(14-12-28)25-39(20-17-27-7-3-1-4-8-27)36-38-34(26-42-36)31-9-5-2-6-10-31;3*1-2/h1-16,21,23,26,30,37H,17-20,22,24-25H2;2*1-2H3;2H,1H3. The smallest absolute Gasteiger partial charge is 0.186 e. The maximum absolute atomic E-state index is 11.1. The van der Waals surface area contributed by atoms with Crippen LogP contribution in [-0.4, -0.2) is 36.6 Å². The number of benzene rings is 4. The number of anilines is 2. The van der Waals surface area contributed by atoms with Gasteiger partial charge < -0.3 is 24.9 Å². The minimum Gasteiger partial charge on any atom is -0.493 e. The van der Waals surface area contributed by atoms with E-state index in [9.17, 15) is 4.79 Å². The number of aldehydes is 1. The van der Waals surface area contributed by atoms with Gasteiger partial charge >= 0.3 is 0 Å². The number of carbonyl (C=O) groups is 1. The molecule has 254 valence electrons. The summed E-state index contributed by atoms with van der Waals surface area (Å²) in [5.41, 5.74) is 8.13. The van der Waals surface area contributed by atoms with Crippen LogP contribution in [0.5, 0.6) is 5.75 Å². The molecule has 0 radical (unpaired) electrons. The van der Waals surface area contributed by atoms with Gasteiger partial charge in [0.15, 0.2) is 5.13 Å². The molecule has 1 aliphatic heterocycles. The van der Waals surface area contributed by atoms with Crippen LogP contribution in [0.2, 0.25) is 0 Å². The molecule has 4 aromatic carbocycles. The van der Waals surface area contributed by atoms with E-state index in [2.05, 4.69) is 113 Å². The SMILES string of the molecule is CC.CC.CO.O=CCC1CCOc2cc(NCc3ccc(CN(CCc4ccccc4)c4nc(-c5ccccc5)cs4)cc3)ccc21. The summed E-state index contributed by atoms with van der Waals surface area (Å²) in [6, 6.07) is 36.1. The number of hydrogen-bond donors (Lipinski definition) is 2. The van der Waals surface area contributed by atoms with E-state index >= 15 is 0 Å². The molecule has 0 saturated heterocycles. The first-order valence-electron chi connectivity index (χ1n) is 17.0. The van der Waals surface area contributed by atoms with E-state index < -0.39 is 0 Å². The second-order valence-electron chi connectivity index (χ2n) is 10.7. The summed E-state index contributed by atoms with van der Waals surface area (Å²) in [5, 5.41) is 13.7. The molecule has 1 aliphatic rings. The molecule has 1 aromatic heterocycles. The number of aliphatic hydroxyl groups is 1. The first-order valence-corrected chi connectivity index (χ1v) is 17.9. The van der Waals surface area contributed by atoms with E-state index in [1.807, 2.05) is 33.8 Å². The van der Waals surface area contributed by atoms with Crippen molar-refractivity contribution in [2.24, 2.45) is 0 Å². The minimum atomic E-state index is 0.259. The fourth-order valence-corrected chi connectivity index (χ4v) is 6.29. The number of fused-ring (bicyclic) bond motifs is 1. The van der Waals surface area contributed by atoms with Gasteiger partial charge in [-0.05, 0) is 47.1 Å². The molecule has 0 bridgehead atoms. The Morgan fingerprint density at radius 3 is 2.23 bits per heavy atom. The van der Waals surface area contributed by atoms with Gasteiger partial charge in [0.05, 0.1) is 12.3 Å². The van der Waals surface area contributed by atoms with Crippen LogP contribution in [-0.2, 0) is 24.3 Å². The lowest BCUT2D eigenvalue weighted by atomic mass is 9.90. The average Bonchev–Trinajstić information content (AvgIpc) is 3.67. The third-order valence-electron chi connectivity index (χ3n) is 7.80. The lowest BCUT2D eigenvalue weighted by Gasteiger charge is -2.25. The zero-order chi connectivity index (χ0) is 34.6. The topological polar surface area (TPSA) is 74.7 Å². The van der Waals surface area contributed by atoms with Crippen molar-refractivity contribution in [1.82, 2.24) is 4.98 Å². The molecular formula is C41H51N3O3S. The lowest BCUT2D eigenvalue weighted by molar-refractivity contribution is -0.108. The molecule has 6 rings (SSSR count). The average molecular weight is 666 g/mol. The van der Waals surface area contributed by atoms with Gasteiger partial charge in [0.2, 0.25) is 0 Å². The molecule has 1 atom stereocenters. The maximum atomic E-state index is 11.1. The van der Waals surface area contributed by atoms with Gasteiger partial charge in [0.1, 0.15) is 12.0 Å². The highest BCUT2D eigenvalue weighted by atomic mass is 32.1. The van der Waals surface area contributed by atoms with Crippen LogP contribution in [0, 0.1) is 0 Å². The Balaban J connectivity index is 0.000000987. The van der Waals surface area contributed by atoms with Crippen LogP contribution in [0.25, 0.3) is 11.3 Å². The van der Waals surface area contributed by atoms with Crippen molar-refractivity contribution >= 4 is 28.4 Å². The van der Waals surface area contributed by atoms with Gasteiger partial charge in [-0.2, -0.15) is 0 Å². The Hall–Kier alpha value is -4.46. The Morgan fingerprint density at radius 2 is 1.54 bits per heavy atom. The summed E-state index contributed by atoms with van der Waals surface area (Å²) < 4.78 is 5.89. The zero-order valence-corrected chi connectivity index (χ0v) is 29.9. The largest absolute Gasteiger partial charge is 0.493 e. The summed E-state index contributed by atoms with van der Waals surface area (Å²) in [5.74, 6) is 1.15. The number of ether oxygens (including phenoxy) is 1. The molecule has 5 aromatic rings. The maximum Gasteiger partial charge on any atom is 0.186 e. The number of rotatable bonds is 12. The fourth-order valence-electron chi connectivity index (χ4n) is 5.42. The molecule has 2 heterocycles. The van der Waals surface area contributed by atoms with Crippen LogP contribution >= 0.6 is 11.3 Å². The minimum absolute atomic E-state index is 0.259. The number of thiazole rings is 1. The Kier molecular flexibility index (Phi) is 17.0. The highest BCUT2D eigenvalue weighted by Gasteiger charge is 2.21. The normalized spacial score (nSPS) is 12.7. The van der Waals surface area contributed by atoms with Gasteiger partial charge in [-0.15, -0.1) is 11.3 Å². The summed E-state index contributed by atoms with van der Waals surface area (Å²) in [6.07, 6.45) is 3.42. The van der Waals surface area contributed by atoms with Crippen molar-refractivity contribution in [3.8, 4) is 17.0 Å². The van der Waals surface area contributed by atoms with Crippen molar-refractivity contribution in [3.05, 3.63) is 131 Å². The highest BCUT2D eigenvalue weighted by Crippen LogP contribution is 2.37. The summed E-state index contributed by atoms with van der Waals surface area (Å²) in [7, 11) is 1.00. The highest BCUT2D eigenvalue weighted by molar-refractivity contribution is 7.14.